The van der Waals surface area contributed by atoms with Crippen molar-refractivity contribution in [1.82, 2.24) is 0 Å². The van der Waals surface area contributed by atoms with Crippen molar-refractivity contribution in [2.45, 2.75) is 40.5 Å². The second-order valence-corrected chi connectivity index (χ2v) is 3.08. The zero-order valence-corrected chi connectivity index (χ0v) is 7.82. The predicted octanol–water partition coefficient (Wildman–Crippen LogP) is 3.16. The number of hydrogen-bond donors (Lipinski definition) is 0. The van der Waals surface area contributed by atoms with Crippen LogP contribution in [0, 0.1) is 20.8 Å². The predicted molar refractivity (Wildman–Crippen MR) is 46.9 cm³/mol. The van der Waals surface area contributed by atoms with Crippen LogP contribution < -0.4 is 0 Å². The first-order chi connectivity index (χ1) is 5.16. The van der Waals surface area contributed by atoms with Crippen LogP contribution in [-0.4, -0.2) is 0 Å². The molecule has 0 aliphatic heterocycles. The molecule has 1 aromatic heterocycles. The van der Waals surface area contributed by atoms with E-state index in [1.165, 1.54) is 16.9 Å². The molecule has 0 unspecified atom stereocenters. The first-order valence-corrected chi connectivity index (χ1v) is 4.22. The fourth-order valence-electron chi connectivity index (χ4n) is 1.28. The third-order valence-electron chi connectivity index (χ3n) is 2.26. The van der Waals surface area contributed by atoms with E-state index in [1.54, 1.807) is 0 Å². The molecule has 0 N–H and O–H groups in total. The lowest BCUT2D eigenvalue weighted by atomic mass is 10.1. The average molecular weight is 152 g/mol. The van der Waals surface area contributed by atoms with Crippen molar-refractivity contribution >= 4 is 0 Å². The lowest BCUT2D eigenvalue weighted by molar-refractivity contribution is 0.477. The van der Waals surface area contributed by atoms with E-state index in [-0.39, 0.29) is 0 Å². The molecule has 0 aliphatic rings. The lowest BCUT2D eigenvalue weighted by Gasteiger charge is -1.93. The highest BCUT2D eigenvalue weighted by atomic mass is 16.3. The number of rotatable bonds is 2. The molecule has 0 aromatic carbocycles. The van der Waals surface area contributed by atoms with Gasteiger partial charge in [-0.1, -0.05) is 6.92 Å². The van der Waals surface area contributed by atoms with Crippen molar-refractivity contribution in [3.05, 3.63) is 22.6 Å². The molecule has 0 saturated heterocycles. The largest absolute Gasteiger partial charge is 0.466 e. The molecule has 62 valence electrons. The monoisotopic (exact) mass is 152 g/mol. The summed E-state index contributed by atoms with van der Waals surface area (Å²) < 4.78 is 5.59. The van der Waals surface area contributed by atoms with Gasteiger partial charge in [-0.25, -0.2) is 0 Å². The van der Waals surface area contributed by atoms with Crippen molar-refractivity contribution < 1.29 is 4.42 Å². The number of hydrogen-bond acceptors (Lipinski definition) is 1. The third-order valence-corrected chi connectivity index (χ3v) is 2.26. The van der Waals surface area contributed by atoms with Crippen molar-refractivity contribution in [3.63, 3.8) is 0 Å². The molecule has 0 amide bonds. The van der Waals surface area contributed by atoms with Crippen LogP contribution in [-0.2, 0) is 6.42 Å². The Bertz CT molecular complexity index is 246. The van der Waals surface area contributed by atoms with Crippen molar-refractivity contribution in [2.75, 3.05) is 0 Å². The Morgan fingerprint density at radius 1 is 1.09 bits per heavy atom. The standard InChI is InChI=1S/C10H16O/c1-5-6-10-8(3)7(2)9(4)11-10/h5-6H2,1-4H3. The van der Waals surface area contributed by atoms with Crippen molar-refractivity contribution in [2.24, 2.45) is 0 Å². The molecule has 0 radical (unpaired) electrons. The van der Waals surface area contributed by atoms with E-state index in [4.69, 9.17) is 4.42 Å². The van der Waals surface area contributed by atoms with E-state index < -0.39 is 0 Å². The molecule has 11 heavy (non-hydrogen) atoms. The molecule has 1 rings (SSSR count). The molecule has 0 aliphatic carbocycles. The molecular formula is C10H16O. The van der Waals surface area contributed by atoms with Gasteiger partial charge in [0.2, 0.25) is 0 Å². The summed E-state index contributed by atoms with van der Waals surface area (Å²) in [5, 5.41) is 0. The average Bonchev–Trinajstić information content (AvgIpc) is 2.19. The lowest BCUT2D eigenvalue weighted by Crippen LogP contribution is -1.82. The normalized spacial score (nSPS) is 10.5. The van der Waals surface area contributed by atoms with Gasteiger partial charge >= 0.3 is 0 Å². The Morgan fingerprint density at radius 3 is 2.09 bits per heavy atom. The number of aryl methyl sites for hydroxylation is 2. The van der Waals surface area contributed by atoms with Gasteiger partial charge in [0, 0.05) is 6.42 Å². The summed E-state index contributed by atoms with van der Waals surface area (Å²) in [7, 11) is 0. The van der Waals surface area contributed by atoms with E-state index in [0.717, 1.165) is 18.6 Å². The summed E-state index contributed by atoms with van der Waals surface area (Å²) in [6, 6.07) is 0. The SMILES string of the molecule is CCCc1oc(C)c(C)c1C. The zero-order chi connectivity index (χ0) is 8.43. The van der Waals surface area contributed by atoms with Gasteiger partial charge in [0.15, 0.2) is 0 Å². The fourth-order valence-corrected chi connectivity index (χ4v) is 1.28. The van der Waals surface area contributed by atoms with Crippen LogP contribution in [0.2, 0.25) is 0 Å². The maximum Gasteiger partial charge on any atom is 0.107 e. The van der Waals surface area contributed by atoms with Gasteiger partial charge in [0.05, 0.1) is 0 Å². The summed E-state index contributed by atoms with van der Waals surface area (Å²) in [4.78, 5) is 0. The molecule has 1 nitrogen and oxygen atoms in total. The molecular weight excluding hydrogens is 136 g/mol. The Morgan fingerprint density at radius 2 is 1.73 bits per heavy atom. The van der Waals surface area contributed by atoms with Gasteiger partial charge < -0.3 is 4.42 Å². The van der Waals surface area contributed by atoms with Crippen LogP contribution >= 0.6 is 0 Å². The summed E-state index contributed by atoms with van der Waals surface area (Å²) >= 11 is 0. The molecule has 0 fully saturated rings. The van der Waals surface area contributed by atoms with E-state index in [0.29, 0.717) is 0 Å². The highest BCUT2D eigenvalue weighted by Gasteiger charge is 2.08. The zero-order valence-electron chi connectivity index (χ0n) is 7.82. The Balaban J connectivity index is 2.98. The van der Waals surface area contributed by atoms with E-state index >= 15 is 0 Å². The minimum atomic E-state index is 1.07. The molecule has 1 aromatic rings. The first-order valence-electron chi connectivity index (χ1n) is 4.22. The second-order valence-electron chi connectivity index (χ2n) is 3.08. The van der Waals surface area contributed by atoms with E-state index in [2.05, 4.69) is 20.8 Å². The van der Waals surface area contributed by atoms with Crippen molar-refractivity contribution in [3.8, 4) is 0 Å². The summed E-state index contributed by atoms with van der Waals surface area (Å²) in [5.74, 6) is 2.24. The van der Waals surface area contributed by atoms with Gasteiger partial charge in [-0.2, -0.15) is 0 Å². The smallest absolute Gasteiger partial charge is 0.107 e. The minimum Gasteiger partial charge on any atom is -0.466 e. The maximum atomic E-state index is 5.59. The van der Waals surface area contributed by atoms with Crippen LogP contribution in [0.1, 0.15) is 36.0 Å². The Kier molecular flexibility index (Phi) is 2.38. The van der Waals surface area contributed by atoms with Gasteiger partial charge in [0.25, 0.3) is 0 Å². The molecule has 1 heterocycles. The van der Waals surface area contributed by atoms with E-state index in [1.807, 2.05) is 6.92 Å². The molecule has 0 spiro atoms. The number of furan rings is 1. The quantitative estimate of drug-likeness (QED) is 0.634. The molecule has 1 heteroatoms. The van der Waals surface area contributed by atoms with Gasteiger partial charge in [-0.3, -0.25) is 0 Å². The first kappa shape index (κ1) is 8.38. The van der Waals surface area contributed by atoms with E-state index in [9.17, 15) is 0 Å². The molecule has 0 atom stereocenters. The topological polar surface area (TPSA) is 13.1 Å². The van der Waals surface area contributed by atoms with Crippen LogP contribution in [0.3, 0.4) is 0 Å². The summed E-state index contributed by atoms with van der Waals surface area (Å²) in [6.07, 6.45) is 2.23. The third kappa shape index (κ3) is 1.47. The van der Waals surface area contributed by atoms with Gasteiger partial charge in [-0.15, -0.1) is 0 Å². The van der Waals surface area contributed by atoms with Crippen LogP contribution in [0.25, 0.3) is 0 Å². The Hall–Kier alpha value is -0.720. The second kappa shape index (κ2) is 3.12. The highest BCUT2D eigenvalue weighted by Crippen LogP contribution is 2.21. The molecule has 0 bridgehead atoms. The summed E-state index contributed by atoms with van der Waals surface area (Å²) in [5.41, 5.74) is 2.65. The van der Waals surface area contributed by atoms with Crippen molar-refractivity contribution in [1.29, 1.82) is 0 Å². The Labute approximate surface area is 68.4 Å². The van der Waals surface area contributed by atoms with Crippen LogP contribution in [0.4, 0.5) is 0 Å². The van der Waals surface area contributed by atoms with Crippen LogP contribution in [0.15, 0.2) is 4.42 Å². The molecule has 0 saturated carbocycles. The van der Waals surface area contributed by atoms with Crippen LogP contribution in [0.5, 0.6) is 0 Å². The highest BCUT2D eigenvalue weighted by molar-refractivity contribution is 5.30. The van der Waals surface area contributed by atoms with Gasteiger partial charge in [-0.05, 0) is 38.3 Å². The summed E-state index contributed by atoms with van der Waals surface area (Å²) in [6.45, 7) is 8.46. The minimum absolute atomic E-state index is 1.07. The fraction of sp³-hybridized carbons (Fsp3) is 0.600. The van der Waals surface area contributed by atoms with Gasteiger partial charge in [0.1, 0.15) is 11.5 Å². The maximum absolute atomic E-state index is 5.59.